The SMILES string of the molecule is COC[C@@]12CC#C/C=C\C#C[C@@H](Nc3c(Br)cc(OC)cc31)C2=O. The fourth-order valence-corrected chi connectivity index (χ4v) is 3.60. The molecule has 4 nitrogen and oxygen atoms in total. The van der Waals surface area contributed by atoms with Gasteiger partial charge in [0, 0.05) is 18.0 Å². The van der Waals surface area contributed by atoms with Gasteiger partial charge in [-0.1, -0.05) is 23.7 Å². The van der Waals surface area contributed by atoms with Gasteiger partial charge >= 0.3 is 0 Å². The largest absolute Gasteiger partial charge is 0.497 e. The molecule has 0 spiro atoms. The normalized spacial score (nSPS) is 25.1. The van der Waals surface area contributed by atoms with Crippen LogP contribution in [-0.2, 0) is 14.9 Å². The van der Waals surface area contributed by atoms with Gasteiger partial charge in [-0.3, -0.25) is 4.79 Å². The van der Waals surface area contributed by atoms with Crippen LogP contribution in [0, 0.1) is 23.7 Å². The maximum absolute atomic E-state index is 13.2. The number of anilines is 1. The van der Waals surface area contributed by atoms with Crippen LogP contribution in [0.5, 0.6) is 5.75 Å². The second-order valence-corrected chi connectivity index (χ2v) is 6.46. The Morgan fingerprint density at radius 2 is 2.12 bits per heavy atom. The summed E-state index contributed by atoms with van der Waals surface area (Å²) in [5, 5.41) is 3.23. The molecule has 24 heavy (non-hydrogen) atoms. The maximum Gasteiger partial charge on any atom is 0.181 e. The van der Waals surface area contributed by atoms with Gasteiger partial charge in [-0.25, -0.2) is 0 Å². The molecule has 2 aliphatic rings. The molecule has 1 N–H and O–H groups in total. The lowest BCUT2D eigenvalue weighted by Crippen LogP contribution is -2.52. The lowest BCUT2D eigenvalue weighted by atomic mass is 9.69. The first-order valence-corrected chi connectivity index (χ1v) is 8.24. The van der Waals surface area contributed by atoms with E-state index in [-0.39, 0.29) is 12.4 Å². The molecule has 0 fully saturated rings. The van der Waals surface area contributed by atoms with E-state index in [2.05, 4.69) is 44.9 Å². The van der Waals surface area contributed by atoms with Gasteiger partial charge < -0.3 is 14.8 Å². The molecular weight excluding hydrogens is 370 g/mol. The summed E-state index contributed by atoms with van der Waals surface area (Å²) in [6, 6.07) is 3.12. The summed E-state index contributed by atoms with van der Waals surface area (Å²) in [7, 11) is 3.19. The van der Waals surface area contributed by atoms with E-state index in [1.165, 1.54) is 0 Å². The van der Waals surface area contributed by atoms with Gasteiger partial charge in [0.25, 0.3) is 0 Å². The molecule has 1 aliphatic heterocycles. The maximum atomic E-state index is 13.2. The van der Waals surface area contributed by atoms with Gasteiger partial charge in [0.2, 0.25) is 0 Å². The van der Waals surface area contributed by atoms with Crippen molar-refractivity contribution in [3.05, 3.63) is 34.3 Å². The first-order valence-electron chi connectivity index (χ1n) is 7.44. The predicted molar refractivity (Wildman–Crippen MR) is 96.0 cm³/mol. The summed E-state index contributed by atoms with van der Waals surface area (Å²) in [5.74, 6) is 12.5. The van der Waals surface area contributed by atoms with E-state index in [0.29, 0.717) is 12.2 Å². The molecule has 1 aromatic carbocycles. The van der Waals surface area contributed by atoms with Crippen molar-refractivity contribution in [2.24, 2.45) is 0 Å². The molecular formula is C19H16BrNO3. The van der Waals surface area contributed by atoms with Crippen molar-refractivity contribution in [3.8, 4) is 29.4 Å². The predicted octanol–water partition coefficient (Wildman–Crippen LogP) is 2.67. The van der Waals surface area contributed by atoms with Crippen LogP contribution in [-0.4, -0.2) is 32.7 Å². The van der Waals surface area contributed by atoms with E-state index >= 15 is 0 Å². The zero-order valence-corrected chi connectivity index (χ0v) is 15.0. The molecule has 0 unspecified atom stereocenters. The third-order valence-corrected chi connectivity index (χ3v) is 4.82. The van der Waals surface area contributed by atoms with Gasteiger partial charge in [0.1, 0.15) is 11.8 Å². The standard InChI is InChI=1S/C19H16BrNO3/c1-23-12-19-9-7-5-3-4-6-8-16(18(19)22)21-17-14(19)10-13(24-2)11-15(17)20/h3-4,10-11,16,21H,9,12H2,1-2H3/b4-3-/t16-,19+/m1/s1. The number of methoxy groups -OCH3 is 2. The number of halogens is 1. The molecule has 1 heterocycles. The Kier molecular flexibility index (Phi) is 4.66. The zero-order chi connectivity index (χ0) is 17.2. The minimum Gasteiger partial charge on any atom is -0.497 e. The summed E-state index contributed by atoms with van der Waals surface area (Å²) in [6.07, 6.45) is 3.71. The van der Waals surface area contributed by atoms with Gasteiger partial charge in [0.15, 0.2) is 5.78 Å². The number of rotatable bonds is 3. The van der Waals surface area contributed by atoms with Gasteiger partial charge in [-0.15, -0.1) is 0 Å². The second kappa shape index (κ2) is 6.73. The highest BCUT2D eigenvalue weighted by atomic mass is 79.9. The Labute approximate surface area is 149 Å². The van der Waals surface area contributed by atoms with Crippen LogP contribution < -0.4 is 10.1 Å². The van der Waals surface area contributed by atoms with E-state index in [1.807, 2.05) is 12.1 Å². The number of carbonyl (C=O) groups is 1. The number of fused-ring (bicyclic) bond motifs is 4. The second-order valence-electron chi connectivity index (χ2n) is 5.61. The number of nitrogens with one attached hydrogen (secondary N) is 1. The van der Waals surface area contributed by atoms with Crippen LogP contribution >= 0.6 is 15.9 Å². The lowest BCUT2D eigenvalue weighted by Gasteiger charge is -2.39. The topological polar surface area (TPSA) is 47.6 Å². The molecule has 0 amide bonds. The number of Topliss-reactive ketones (excluding diaryl/α,β-unsaturated/α-hetero) is 1. The monoisotopic (exact) mass is 385 g/mol. The fourth-order valence-electron chi connectivity index (χ4n) is 3.05. The van der Waals surface area contributed by atoms with Crippen LogP contribution in [0.3, 0.4) is 0 Å². The van der Waals surface area contributed by atoms with Crippen molar-refractivity contribution in [2.45, 2.75) is 17.9 Å². The Morgan fingerprint density at radius 1 is 1.33 bits per heavy atom. The highest BCUT2D eigenvalue weighted by molar-refractivity contribution is 9.10. The summed E-state index contributed by atoms with van der Waals surface area (Å²) >= 11 is 3.56. The first kappa shape index (κ1) is 16.6. The van der Waals surface area contributed by atoms with Crippen LogP contribution in [0.2, 0.25) is 0 Å². The minimum absolute atomic E-state index is 0.0332. The number of hydrogen-bond acceptors (Lipinski definition) is 4. The number of ether oxygens (including phenoxy) is 2. The number of ketones is 1. The summed E-state index contributed by atoms with van der Waals surface area (Å²) in [6.45, 7) is 0.233. The molecule has 1 aliphatic carbocycles. The number of hydrogen-bond donors (Lipinski definition) is 1. The van der Waals surface area contributed by atoms with Crippen LogP contribution in [0.1, 0.15) is 12.0 Å². The van der Waals surface area contributed by atoms with Gasteiger partial charge in [-0.05, 0) is 45.8 Å². The van der Waals surface area contributed by atoms with E-state index in [0.717, 1.165) is 15.7 Å². The van der Waals surface area contributed by atoms with E-state index in [1.54, 1.807) is 26.4 Å². The highest BCUT2D eigenvalue weighted by Crippen LogP contribution is 2.45. The number of carbonyl (C=O) groups excluding carboxylic acids is 1. The Balaban J connectivity index is 2.29. The van der Waals surface area contributed by atoms with E-state index < -0.39 is 11.5 Å². The van der Waals surface area contributed by atoms with E-state index in [4.69, 9.17) is 9.47 Å². The highest BCUT2D eigenvalue weighted by Gasteiger charge is 2.48. The van der Waals surface area contributed by atoms with Crippen molar-refractivity contribution in [2.75, 3.05) is 26.1 Å². The number of allylic oxidation sites excluding steroid dienone is 2. The van der Waals surface area contributed by atoms with Gasteiger partial charge in [0.05, 0.1) is 24.8 Å². The van der Waals surface area contributed by atoms with Crippen LogP contribution in [0.25, 0.3) is 0 Å². The zero-order valence-electron chi connectivity index (χ0n) is 13.4. The molecule has 122 valence electrons. The van der Waals surface area contributed by atoms with Gasteiger partial charge in [-0.2, -0.15) is 0 Å². The minimum atomic E-state index is -0.885. The van der Waals surface area contributed by atoms with Crippen molar-refractivity contribution < 1.29 is 14.3 Å². The Hall–Kier alpha value is -2.21. The molecule has 5 heteroatoms. The average molecular weight is 386 g/mol. The smallest absolute Gasteiger partial charge is 0.181 e. The lowest BCUT2D eigenvalue weighted by molar-refractivity contribution is -0.126. The number of benzene rings is 1. The molecule has 0 aromatic heterocycles. The van der Waals surface area contributed by atoms with E-state index in [9.17, 15) is 4.79 Å². The quantitative estimate of drug-likeness (QED) is 0.812. The van der Waals surface area contributed by atoms with Crippen LogP contribution in [0.15, 0.2) is 28.8 Å². The molecule has 1 aromatic rings. The fraction of sp³-hybridized carbons (Fsp3) is 0.316. The molecule has 2 bridgehead atoms. The Bertz CT molecular complexity index is 838. The average Bonchev–Trinajstić information content (AvgIpc) is 2.57. The van der Waals surface area contributed by atoms with Crippen molar-refractivity contribution in [1.29, 1.82) is 0 Å². The Morgan fingerprint density at radius 3 is 2.88 bits per heavy atom. The van der Waals surface area contributed by atoms with Crippen LogP contribution in [0.4, 0.5) is 5.69 Å². The molecule has 0 radical (unpaired) electrons. The van der Waals surface area contributed by atoms with Crippen molar-refractivity contribution in [3.63, 3.8) is 0 Å². The molecule has 0 saturated heterocycles. The summed E-state index contributed by atoms with van der Waals surface area (Å²) in [4.78, 5) is 13.2. The molecule has 0 saturated carbocycles. The summed E-state index contributed by atoms with van der Waals surface area (Å²) in [5.41, 5.74) is 0.764. The summed E-state index contributed by atoms with van der Waals surface area (Å²) < 4.78 is 11.6. The molecule has 3 rings (SSSR count). The van der Waals surface area contributed by atoms with Crippen molar-refractivity contribution >= 4 is 27.4 Å². The molecule has 2 atom stereocenters. The third kappa shape index (κ3) is 2.71. The third-order valence-electron chi connectivity index (χ3n) is 4.20. The van der Waals surface area contributed by atoms with Crippen molar-refractivity contribution in [1.82, 2.24) is 0 Å². The first-order chi connectivity index (χ1) is 11.6.